The second-order valence-electron chi connectivity index (χ2n) is 5.91. The van der Waals surface area contributed by atoms with E-state index in [1.807, 2.05) is 19.1 Å². The van der Waals surface area contributed by atoms with E-state index in [9.17, 15) is 0 Å². The van der Waals surface area contributed by atoms with Gasteiger partial charge in [0, 0.05) is 17.1 Å². The van der Waals surface area contributed by atoms with Crippen LogP contribution in [0.5, 0.6) is 0 Å². The standard InChI is InChI=1S/C17H20Cl2N4/c1-11-20-16(22-13-5-3-2-4-6-13)10-17(21-11)23-15-8-7-12(18)9-14(15)19/h7-10,13H,2-6H2,1H3,(H2,20,21,22,23). The summed E-state index contributed by atoms with van der Waals surface area (Å²) in [6.07, 6.45) is 6.31. The largest absolute Gasteiger partial charge is 0.367 e. The zero-order valence-corrected chi connectivity index (χ0v) is 14.6. The molecule has 1 aliphatic rings. The molecule has 2 aromatic rings. The third kappa shape index (κ3) is 4.49. The third-order valence-corrected chi connectivity index (χ3v) is 4.54. The van der Waals surface area contributed by atoms with Gasteiger partial charge in [-0.1, -0.05) is 42.5 Å². The van der Waals surface area contributed by atoms with Crippen molar-refractivity contribution in [2.24, 2.45) is 0 Å². The van der Waals surface area contributed by atoms with E-state index in [0.717, 1.165) is 23.1 Å². The molecular weight excluding hydrogens is 331 g/mol. The topological polar surface area (TPSA) is 49.8 Å². The van der Waals surface area contributed by atoms with Gasteiger partial charge in [0.15, 0.2) is 0 Å². The van der Waals surface area contributed by atoms with Crippen LogP contribution in [0.3, 0.4) is 0 Å². The van der Waals surface area contributed by atoms with E-state index >= 15 is 0 Å². The summed E-state index contributed by atoms with van der Waals surface area (Å²) < 4.78 is 0. The average Bonchev–Trinajstić information content (AvgIpc) is 2.50. The minimum absolute atomic E-state index is 0.505. The zero-order valence-electron chi connectivity index (χ0n) is 13.1. The number of halogens is 2. The number of anilines is 3. The highest BCUT2D eigenvalue weighted by atomic mass is 35.5. The Morgan fingerprint density at radius 1 is 1.00 bits per heavy atom. The van der Waals surface area contributed by atoms with Crippen LogP contribution >= 0.6 is 23.2 Å². The van der Waals surface area contributed by atoms with Crippen LogP contribution in [0, 0.1) is 6.92 Å². The Kier molecular flexibility index (Phi) is 5.23. The van der Waals surface area contributed by atoms with Gasteiger partial charge in [-0.05, 0) is 38.0 Å². The third-order valence-electron chi connectivity index (χ3n) is 3.99. The first-order valence-corrected chi connectivity index (χ1v) is 8.70. The second-order valence-corrected chi connectivity index (χ2v) is 6.76. The molecule has 0 saturated heterocycles. The molecule has 0 atom stereocenters. The summed E-state index contributed by atoms with van der Waals surface area (Å²) in [5.41, 5.74) is 0.776. The van der Waals surface area contributed by atoms with Gasteiger partial charge in [-0.3, -0.25) is 0 Å². The minimum atomic E-state index is 0.505. The first kappa shape index (κ1) is 16.3. The van der Waals surface area contributed by atoms with E-state index in [0.29, 0.717) is 16.1 Å². The number of benzene rings is 1. The Hall–Kier alpha value is -1.52. The second kappa shape index (κ2) is 7.37. The first-order chi connectivity index (χ1) is 11.1. The van der Waals surface area contributed by atoms with Crippen LogP contribution < -0.4 is 10.6 Å². The van der Waals surface area contributed by atoms with Crippen molar-refractivity contribution in [3.8, 4) is 0 Å². The summed E-state index contributed by atoms with van der Waals surface area (Å²) >= 11 is 12.1. The first-order valence-electron chi connectivity index (χ1n) is 7.94. The lowest BCUT2D eigenvalue weighted by molar-refractivity contribution is 0.462. The van der Waals surface area contributed by atoms with Crippen molar-refractivity contribution in [3.05, 3.63) is 40.1 Å². The molecular formula is C17H20Cl2N4. The normalized spacial score (nSPS) is 15.4. The molecule has 6 heteroatoms. The number of nitrogens with one attached hydrogen (secondary N) is 2. The van der Waals surface area contributed by atoms with E-state index in [1.165, 1.54) is 32.1 Å². The van der Waals surface area contributed by atoms with Gasteiger partial charge in [0.2, 0.25) is 0 Å². The molecule has 0 bridgehead atoms. The van der Waals surface area contributed by atoms with Gasteiger partial charge >= 0.3 is 0 Å². The van der Waals surface area contributed by atoms with Crippen LogP contribution in [-0.4, -0.2) is 16.0 Å². The Labute approximate surface area is 146 Å². The monoisotopic (exact) mass is 350 g/mol. The summed E-state index contributed by atoms with van der Waals surface area (Å²) in [5, 5.41) is 7.94. The Morgan fingerprint density at radius 3 is 2.48 bits per heavy atom. The number of hydrogen-bond donors (Lipinski definition) is 2. The van der Waals surface area contributed by atoms with Gasteiger partial charge in [0.05, 0.1) is 10.7 Å². The van der Waals surface area contributed by atoms with Crippen molar-refractivity contribution in [2.75, 3.05) is 10.6 Å². The number of rotatable bonds is 4. The molecule has 0 radical (unpaired) electrons. The van der Waals surface area contributed by atoms with E-state index in [1.54, 1.807) is 12.1 Å². The van der Waals surface area contributed by atoms with Gasteiger partial charge in [0.25, 0.3) is 0 Å². The molecule has 1 fully saturated rings. The molecule has 3 rings (SSSR count). The zero-order chi connectivity index (χ0) is 16.2. The lowest BCUT2D eigenvalue weighted by Crippen LogP contribution is -2.23. The Balaban J connectivity index is 1.76. The smallest absolute Gasteiger partial charge is 0.136 e. The number of aromatic nitrogens is 2. The van der Waals surface area contributed by atoms with Crippen LogP contribution in [0.4, 0.5) is 17.3 Å². The van der Waals surface area contributed by atoms with Gasteiger partial charge in [-0.15, -0.1) is 0 Å². The fourth-order valence-electron chi connectivity index (χ4n) is 2.89. The molecule has 4 nitrogen and oxygen atoms in total. The van der Waals surface area contributed by atoms with Gasteiger partial charge < -0.3 is 10.6 Å². The maximum Gasteiger partial charge on any atom is 0.136 e. The van der Waals surface area contributed by atoms with Crippen molar-refractivity contribution in [2.45, 2.75) is 45.1 Å². The van der Waals surface area contributed by atoms with Gasteiger partial charge in [-0.25, -0.2) is 9.97 Å². The van der Waals surface area contributed by atoms with Crippen molar-refractivity contribution in [1.29, 1.82) is 0 Å². The van der Waals surface area contributed by atoms with E-state index < -0.39 is 0 Å². The number of aryl methyl sites for hydroxylation is 1. The van der Waals surface area contributed by atoms with Crippen molar-refractivity contribution in [3.63, 3.8) is 0 Å². The van der Waals surface area contributed by atoms with Crippen LogP contribution in [0.15, 0.2) is 24.3 Å². The molecule has 1 heterocycles. The fraction of sp³-hybridized carbons (Fsp3) is 0.412. The quantitative estimate of drug-likeness (QED) is 0.755. The van der Waals surface area contributed by atoms with E-state index in [-0.39, 0.29) is 0 Å². The highest BCUT2D eigenvalue weighted by Gasteiger charge is 2.14. The highest BCUT2D eigenvalue weighted by molar-refractivity contribution is 6.36. The van der Waals surface area contributed by atoms with E-state index in [4.69, 9.17) is 23.2 Å². The SMILES string of the molecule is Cc1nc(Nc2ccc(Cl)cc2Cl)cc(NC2CCCCC2)n1. The highest BCUT2D eigenvalue weighted by Crippen LogP contribution is 2.28. The molecule has 0 aliphatic heterocycles. The summed E-state index contributed by atoms with van der Waals surface area (Å²) in [5.74, 6) is 2.30. The average molecular weight is 351 g/mol. The number of nitrogens with zero attached hydrogens (tertiary/aromatic N) is 2. The fourth-order valence-corrected chi connectivity index (χ4v) is 3.35. The molecule has 122 valence electrons. The molecule has 0 unspecified atom stereocenters. The van der Waals surface area contributed by atoms with Crippen molar-refractivity contribution in [1.82, 2.24) is 9.97 Å². The van der Waals surface area contributed by atoms with Gasteiger partial charge in [-0.2, -0.15) is 0 Å². The summed E-state index contributed by atoms with van der Waals surface area (Å²) in [6.45, 7) is 1.89. The summed E-state index contributed by atoms with van der Waals surface area (Å²) in [4.78, 5) is 8.92. The van der Waals surface area contributed by atoms with Crippen LogP contribution in [0.2, 0.25) is 10.0 Å². The number of hydrogen-bond acceptors (Lipinski definition) is 4. The maximum atomic E-state index is 6.21. The minimum Gasteiger partial charge on any atom is -0.367 e. The van der Waals surface area contributed by atoms with Crippen molar-refractivity contribution >= 4 is 40.5 Å². The Morgan fingerprint density at radius 2 is 1.74 bits per heavy atom. The molecule has 2 N–H and O–H groups in total. The van der Waals surface area contributed by atoms with Gasteiger partial charge in [0.1, 0.15) is 17.5 Å². The predicted octanol–water partition coefficient (Wildman–Crippen LogP) is 5.58. The summed E-state index contributed by atoms with van der Waals surface area (Å²) in [7, 11) is 0. The Bertz CT molecular complexity index is 684. The molecule has 1 saturated carbocycles. The molecule has 0 spiro atoms. The predicted molar refractivity (Wildman–Crippen MR) is 97.0 cm³/mol. The maximum absolute atomic E-state index is 6.21. The lowest BCUT2D eigenvalue weighted by Gasteiger charge is -2.23. The van der Waals surface area contributed by atoms with Crippen molar-refractivity contribution < 1.29 is 0 Å². The molecule has 1 aromatic heterocycles. The molecule has 1 aliphatic carbocycles. The lowest BCUT2D eigenvalue weighted by atomic mass is 9.95. The molecule has 1 aromatic carbocycles. The van der Waals surface area contributed by atoms with Crippen LogP contribution in [-0.2, 0) is 0 Å². The van der Waals surface area contributed by atoms with E-state index in [2.05, 4.69) is 20.6 Å². The van der Waals surface area contributed by atoms with Crippen LogP contribution in [0.1, 0.15) is 37.9 Å². The molecule has 0 amide bonds. The van der Waals surface area contributed by atoms with Crippen LogP contribution in [0.25, 0.3) is 0 Å². The summed E-state index contributed by atoms with van der Waals surface area (Å²) in [6, 6.07) is 7.78. The molecule has 23 heavy (non-hydrogen) atoms.